The van der Waals surface area contributed by atoms with Crippen molar-refractivity contribution in [2.45, 2.75) is 39.0 Å². The number of aromatic nitrogens is 4. The van der Waals surface area contributed by atoms with E-state index < -0.39 is 0 Å². The van der Waals surface area contributed by atoms with Crippen LogP contribution in [-0.2, 0) is 19.6 Å². The van der Waals surface area contributed by atoms with Crippen molar-refractivity contribution in [3.63, 3.8) is 0 Å². The summed E-state index contributed by atoms with van der Waals surface area (Å²) in [5, 5.41) is 8.29. The Morgan fingerprint density at radius 2 is 2.11 bits per heavy atom. The van der Waals surface area contributed by atoms with Crippen molar-refractivity contribution in [1.29, 1.82) is 0 Å². The molecule has 4 rings (SSSR count). The molecule has 6 nitrogen and oxygen atoms in total. The van der Waals surface area contributed by atoms with Gasteiger partial charge in [0.1, 0.15) is 5.69 Å². The fraction of sp³-hybridized carbons (Fsp3) is 0.429. The van der Waals surface area contributed by atoms with E-state index in [-0.39, 0.29) is 6.04 Å². The Balaban J connectivity index is 1.64. The standard InChI is InChI=1S/C21H28N6/c1-16-7-4-5-8-18(16)20(25(2)3)15-26-12-10-23-21(26)19-13-17-14-22-9-6-11-27(17)24-19/h4-5,7-8,10,12-13,20,22H,6,9,11,14-15H2,1-3H3/t20-/m1/s1. The van der Waals surface area contributed by atoms with Gasteiger partial charge in [-0.25, -0.2) is 4.98 Å². The maximum absolute atomic E-state index is 4.84. The van der Waals surface area contributed by atoms with Gasteiger partial charge in [-0.3, -0.25) is 4.68 Å². The Morgan fingerprint density at radius 3 is 2.93 bits per heavy atom. The van der Waals surface area contributed by atoms with Crippen LogP contribution in [0.1, 0.15) is 29.3 Å². The van der Waals surface area contributed by atoms with Crippen molar-refractivity contribution < 1.29 is 0 Å². The van der Waals surface area contributed by atoms with Gasteiger partial charge in [-0.2, -0.15) is 5.10 Å². The summed E-state index contributed by atoms with van der Waals surface area (Å²) in [6.07, 6.45) is 5.05. The Kier molecular flexibility index (Phi) is 5.09. The van der Waals surface area contributed by atoms with Crippen molar-refractivity contribution in [2.24, 2.45) is 0 Å². The van der Waals surface area contributed by atoms with E-state index >= 15 is 0 Å². The second kappa shape index (κ2) is 7.66. The summed E-state index contributed by atoms with van der Waals surface area (Å²) in [5.41, 5.74) is 4.87. The predicted molar refractivity (Wildman–Crippen MR) is 107 cm³/mol. The number of likely N-dealkylation sites (N-methyl/N-ethyl adjacent to an activating group) is 1. The molecule has 27 heavy (non-hydrogen) atoms. The molecule has 1 N–H and O–H groups in total. The maximum atomic E-state index is 4.84. The second-order valence-electron chi connectivity index (χ2n) is 7.51. The average molecular weight is 364 g/mol. The minimum atomic E-state index is 0.279. The van der Waals surface area contributed by atoms with Gasteiger partial charge in [0, 0.05) is 32.0 Å². The van der Waals surface area contributed by atoms with E-state index in [0.29, 0.717) is 0 Å². The number of fused-ring (bicyclic) bond motifs is 1. The van der Waals surface area contributed by atoms with Crippen LogP contribution < -0.4 is 5.32 Å². The van der Waals surface area contributed by atoms with Gasteiger partial charge in [0.15, 0.2) is 5.82 Å². The fourth-order valence-corrected chi connectivity index (χ4v) is 3.85. The SMILES string of the molecule is Cc1ccccc1[C@@H](Cn1ccnc1-c1cc2n(n1)CCCNC2)N(C)C. The number of rotatable bonds is 5. The van der Waals surface area contributed by atoms with E-state index in [1.54, 1.807) is 0 Å². The van der Waals surface area contributed by atoms with Crippen LogP contribution in [0.3, 0.4) is 0 Å². The summed E-state index contributed by atoms with van der Waals surface area (Å²) in [4.78, 5) is 6.91. The number of nitrogens with zero attached hydrogens (tertiary/aromatic N) is 5. The van der Waals surface area contributed by atoms with Gasteiger partial charge >= 0.3 is 0 Å². The molecule has 0 saturated carbocycles. The lowest BCUT2D eigenvalue weighted by Gasteiger charge is -2.27. The van der Waals surface area contributed by atoms with E-state index in [9.17, 15) is 0 Å². The molecule has 3 aromatic rings. The van der Waals surface area contributed by atoms with Crippen LogP contribution in [0.5, 0.6) is 0 Å². The van der Waals surface area contributed by atoms with Crippen LogP contribution in [-0.4, -0.2) is 44.9 Å². The average Bonchev–Trinajstić information content (AvgIpc) is 3.21. The number of benzene rings is 1. The minimum Gasteiger partial charge on any atom is -0.328 e. The first kappa shape index (κ1) is 17.9. The molecule has 0 bridgehead atoms. The third-order valence-electron chi connectivity index (χ3n) is 5.38. The van der Waals surface area contributed by atoms with Crippen LogP contribution in [0.25, 0.3) is 11.5 Å². The molecule has 0 radical (unpaired) electrons. The van der Waals surface area contributed by atoms with Crippen molar-refractivity contribution in [1.82, 2.24) is 29.5 Å². The number of hydrogen-bond donors (Lipinski definition) is 1. The van der Waals surface area contributed by atoms with Gasteiger partial charge < -0.3 is 14.8 Å². The number of hydrogen-bond acceptors (Lipinski definition) is 4. The molecule has 1 aliphatic heterocycles. The molecule has 3 heterocycles. The van der Waals surface area contributed by atoms with Crippen LogP contribution in [0, 0.1) is 6.92 Å². The van der Waals surface area contributed by atoms with Crippen molar-refractivity contribution in [2.75, 3.05) is 20.6 Å². The van der Waals surface area contributed by atoms with E-state index in [2.05, 4.69) is 82.0 Å². The maximum Gasteiger partial charge on any atom is 0.160 e. The molecule has 0 aliphatic carbocycles. The van der Waals surface area contributed by atoms with E-state index in [4.69, 9.17) is 5.10 Å². The molecule has 142 valence electrons. The smallest absolute Gasteiger partial charge is 0.160 e. The second-order valence-corrected chi connectivity index (χ2v) is 7.51. The normalized spacial score (nSPS) is 15.6. The largest absolute Gasteiger partial charge is 0.328 e. The molecular formula is C21H28N6. The first-order valence-electron chi connectivity index (χ1n) is 9.64. The summed E-state index contributed by atoms with van der Waals surface area (Å²) in [5.74, 6) is 0.941. The summed E-state index contributed by atoms with van der Waals surface area (Å²) in [6.45, 7) is 5.91. The van der Waals surface area contributed by atoms with Gasteiger partial charge in [0.25, 0.3) is 0 Å². The Hall–Kier alpha value is -2.44. The summed E-state index contributed by atoms with van der Waals surface area (Å²) in [6, 6.07) is 11.1. The molecule has 0 saturated heterocycles. The molecule has 1 atom stereocenters. The highest BCUT2D eigenvalue weighted by Crippen LogP contribution is 2.26. The fourth-order valence-electron chi connectivity index (χ4n) is 3.85. The van der Waals surface area contributed by atoms with Gasteiger partial charge in [0.2, 0.25) is 0 Å². The first-order valence-corrected chi connectivity index (χ1v) is 9.64. The monoisotopic (exact) mass is 364 g/mol. The van der Waals surface area contributed by atoms with Crippen molar-refractivity contribution >= 4 is 0 Å². The minimum absolute atomic E-state index is 0.279. The zero-order valence-electron chi connectivity index (χ0n) is 16.4. The lowest BCUT2D eigenvalue weighted by Crippen LogP contribution is -2.25. The molecule has 1 aromatic carbocycles. The van der Waals surface area contributed by atoms with Crippen molar-refractivity contribution in [3.8, 4) is 11.5 Å². The van der Waals surface area contributed by atoms with Crippen LogP contribution in [0.4, 0.5) is 0 Å². The molecule has 0 fully saturated rings. The first-order chi connectivity index (χ1) is 13.1. The van der Waals surface area contributed by atoms with Gasteiger partial charge in [-0.1, -0.05) is 24.3 Å². The summed E-state index contributed by atoms with van der Waals surface area (Å²) in [7, 11) is 4.27. The Bertz CT molecular complexity index is 884. The third-order valence-corrected chi connectivity index (χ3v) is 5.38. The summed E-state index contributed by atoms with van der Waals surface area (Å²) < 4.78 is 4.35. The van der Waals surface area contributed by atoms with Gasteiger partial charge in [0.05, 0.1) is 11.7 Å². The molecule has 0 spiro atoms. The predicted octanol–water partition coefficient (Wildman–Crippen LogP) is 2.85. The number of imidazole rings is 1. The van der Waals surface area contributed by atoms with Crippen LogP contribution in [0.15, 0.2) is 42.7 Å². The number of nitrogens with one attached hydrogen (secondary N) is 1. The third kappa shape index (κ3) is 3.68. The lowest BCUT2D eigenvalue weighted by atomic mass is 10.0. The van der Waals surface area contributed by atoms with Crippen LogP contribution in [0.2, 0.25) is 0 Å². The quantitative estimate of drug-likeness (QED) is 0.756. The van der Waals surface area contributed by atoms with Crippen LogP contribution >= 0.6 is 0 Å². The molecule has 2 aromatic heterocycles. The van der Waals surface area contributed by atoms with Crippen molar-refractivity contribution in [3.05, 3.63) is 59.5 Å². The van der Waals surface area contributed by atoms with E-state index in [1.807, 2.05) is 6.20 Å². The number of aryl methyl sites for hydroxylation is 2. The van der Waals surface area contributed by atoms with Gasteiger partial charge in [-0.15, -0.1) is 0 Å². The highest BCUT2D eigenvalue weighted by molar-refractivity contribution is 5.50. The topological polar surface area (TPSA) is 50.9 Å². The highest BCUT2D eigenvalue weighted by atomic mass is 15.3. The zero-order chi connectivity index (χ0) is 18.8. The molecule has 6 heteroatoms. The molecule has 0 unspecified atom stereocenters. The van der Waals surface area contributed by atoms with E-state index in [1.165, 1.54) is 16.8 Å². The Morgan fingerprint density at radius 1 is 1.26 bits per heavy atom. The van der Waals surface area contributed by atoms with Gasteiger partial charge in [-0.05, 0) is 51.2 Å². The lowest BCUT2D eigenvalue weighted by molar-refractivity contribution is 0.269. The molecule has 1 aliphatic rings. The molecule has 0 amide bonds. The highest BCUT2D eigenvalue weighted by Gasteiger charge is 2.20. The van der Waals surface area contributed by atoms with E-state index in [0.717, 1.165) is 44.1 Å². The summed E-state index contributed by atoms with van der Waals surface area (Å²) >= 11 is 0. The molecular weight excluding hydrogens is 336 g/mol. The Labute approximate surface area is 160 Å². The zero-order valence-corrected chi connectivity index (χ0v) is 16.4.